The van der Waals surface area contributed by atoms with E-state index in [1.54, 1.807) is 6.92 Å². The lowest BCUT2D eigenvalue weighted by Crippen LogP contribution is -2.35. The number of ether oxygens (including phenoxy) is 1. The van der Waals surface area contributed by atoms with Gasteiger partial charge in [0.15, 0.2) is 11.4 Å². The molecule has 6 nitrogen and oxygen atoms in total. The summed E-state index contributed by atoms with van der Waals surface area (Å²) >= 11 is 0. The Hall–Kier alpha value is -2.37. The number of rotatable bonds is 4. The molecule has 1 aromatic heterocycles. The lowest BCUT2D eigenvalue weighted by atomic mass is 9.95. The highest BCUT2D eigenvalue weighted by Gasteiger charge is 2.33. The summed E-state index contributed by atoms with van der Waals surface area (Å²) < 4.78 is 5.19. The maximum absolute atomic E-state index is 11.0. The zero-order valence-corrected chi connectivity index (χ0v) is 9.96. The Balaban J connectivity index is 2.28. The van der Waals surface area contributed by atoms with Crippen molar-refractivity contribution in [3.8, 4) is 0 Å². The quantitative estimate of drug-likeness (QED) is 0.851. The maximum atomic E-state index is 11.0. The number of aromatic nitrogens is 3. The van der Waals surface area contributed by atoms with Crippen molar-refractivity contribution in [1.82, 2.24) is 15.2 Å². The number of aromatic amines is 1. The number of primary amides is 1. The summed E-state index contributed by atoms with van der Waals surface area (Å²) in [5, 5.41) is 6.48. The first kappa shape index (κ1) is 12.1. The third kappa shape index (κ3) is 2.65. The van der Waals surface area contributed by atoms with Crippen LogP contribution >= 0.6 is 0 Å². The van der Waals surface area contributed by atoms with Crippen molar-refractivity contribution in [3.63, 3.8) is 0 Å². The summed E-state index contributed by atoms with van der Waals surface area (Å²) in [6, 6.07) is 9.64. The van der Waals surface area contributed by atoms with Crippen molar-refractivity contribution in [1.29, 1.82) is 0 Å². The van der Waals surface area contributed by atoms with Crippen LogP contribution in [0, 0.1) is 0 Å². The molecule has 0 aliphatic carbocycles. The van der Waals surface area contributed by atoms with E-state index in [0.717, 1.165) is 5.56 Å². The molecule has 0 aliphatic heterocycles. The second kappa shape index (κ2) is 4.87. The van der Waals surface area contributed by atoms with Crippen LogP contribution in [0.4, 0.5) is 4.79 Å². The van der Waals surface area contributed by atoms with Crippen LogP contribution in [-0.4, -0.2) is 21.3 Å². The molecular weight excluding hydrogens is 232 g/mol. The van der Waals surface area contributed by atoms with Gasteiger partial charge in [0.05, 0.1) is 0 Å². The second-order valence-electron chi connectivity index (χ2n) is 4.15. The van der Waals surface area contributed by atoms with Crippen LogP contribution < -0.4 is 5.73 Å². The molecule has 0 saturated carbocycles. The number of H-pyrrole nitrogens is 1. The van der Waals surface area contributed by atoms with E-state index >= 15 is 0 Å². The van der Waals surface area contributed by atoms with E-state index in [1.165, 1.54) is 6.33 Å². The van der Waals surface area contributed by atoms with E-state index in [0.29, 0.717) is 12.2 Å². The number of nitrogens with one attached hydrogen (secondary N) is 1. The number of amides is 1. The van der Waals surface area contributed by atoms with E-state index in [1.807, 2.05) is 30.3 Å². The van der Waals surface area contributed by atoms with Gasteiger partial charge in [0.2, 0.25) is 0 Å². The molecule has 0 unspecified atom stereocenters. The Bertz CT molecular complexity index is 512. The monoisotopic (exact) mass is 246 g/mol. The second-order valence-corrected chi connectivity index (χ2v) is 4.15. The molecule has 18 heavy (non-hydrogen) atoms. The van der Waals surface area contributed by atoms with Gasteiger partial charge in [-0.3, -0.25) is 5.10 Å². The third-order valence-electron chi connectivity index (χ3n) is 2.63. The normalized spacial score (nSPS) is 13.8. The van der Waals surface area contributed by atoms with Gasteiger partial charge in [-0.15, -0.1) is 0 Å². The molecule has 1 aromatic carbocycles. The first-order chi connectivity index (χ1) is 8.60. The van der Waals surface area contributed by atoms with E-state index < -0.39 is 11.7 Å². The van der Waals surface area contributed by atoms with E-state index in [4.69, 9.17) is 10.5 Å². The summed E-state index contributed by atoms with van der Waals surface area (Å²) in [6.45, 7) is 1.74. The van der Waals surface area contributed by atoms with Crippen LogP contribution in [-0.2, 0) is 16.8 Å². The van der Waals surface area contributed by atoms with E-state index in [9.17, 15) is 4.79 Å². The zero-order valence-electron chi connectivity index (χ0n) is 9.96. The van der Waals surface area contributed by atoms with Crippen LogP contribution in [0.2, 0.25) is 0 Å². The van der Waals surface area contributed by atoms with Gasteiger partial charge in [-0.05, 0) is 12.5 Å². The number of nitrogens with two attached hydrogens (primary N) is 1. The van der Waals surface area contributed by atoms with Gasteiger partial charge in [-0.1, -0.05) is 30.3 Å². The van der Waals surface area contributed by atoms with Crippen molar-refractivity contribution >= 4 is 6.09 Å². The summed E-state index contributed by atoms with van der Waals surface area (Å²) in [5.74, 6) is 0.463. The maximum Gasteiger partial charge on any atom is 0.405 e. The van der Waals surface area contributed by atoms with Gasteiger partial charge in [0, 0.05) is 6.42 Å². The molecule has 2 rings (SSSR count). The fraction of sp³-hybridized carbons (Fsp3) is 0.250. The predicted molar refractivity (Wildman–Crippen MR) is 64.5 cm³/mol. The summed E-state index contributed by atoms with van der Waals surface area (Å²) in [5.41, 5.74) is 5.17. The number of benzene rings is 1. The number of carbonyl (C=O) groups excluding carboxylic acids is 1. The smallest absolute Gasteiger partial charge is 0.405 e. The Morgan fingerprint density at radius 1 is 1.44 bits per heavy atom. The van der Waals surface area contributed by atoms with Gasteiger partial charge < -0.3 is 10.5 Å². The van der Waals surface area contributed by atoms with Crippen molar-refractivity contribution in [2.45, 2.75) is 18.9 Å². The molecule has 94 valence electrons. The van der Waals surface area contributed by atoms with Crippen LogP contribution in [0.25, 0.3) is 0 Å². The molecule has 0 fully saturated rings. The van der Waals surface area contributed by atoms with Crippen molar-refractivity contribution in [2.24, 2.45) is 5.73 Å². The third-order valence-corrected chi connectivity index (χ3v) is 2.63. The van der Waals surface area contributed by atoms with Gasteiger partial charge in [0.1, 0.15) is 6.33 Å². The summed E-state index contributed by atoms with van der Waals surface area (Å²) in [4.78, 5) is 15.1. The largest absolute Gasteiger partial charge is 0.435 e. The van der Waals surface area contributed by atoms with Crippen LogP contribution in [0.3, 0.4) is 0 Å². The molecule has 1 heterocycles. The summed E-state index contributed by atoms with van der Waals surface area (Å²) in [7, 11) is 0. The topological polar surface area (TPSA) is 93.9 Å². The minimum Gasteiger partial charge on any atom is -0.435 e. The highest BCUT2D eigenvalue weighted by atomic mass is 16.6. The Morgan fingerprint density at radius 2 is 2.17 bits per heavy atom. The highest BCUT2D eigenvalue weighted by Crippen LogP contribution is 2.26. The molecule has 0 spiro atoms. The first-order valence-electron chi connectivity index (χ1n) is 5.48. The molecule has 2 aromatic rings. The van der Waals surface area contributed by atoms with Crippen molar-refractivity contribution in [3.05, 3.63) is 48.0 Å². The molecular formula is C12H14N4O2. The van der Waals surface area contributed by atoms with Crippen molar-refractivity contribution < 1.29 is 9.53 Å². The molecule has 1 atom stereocenters. The number of hydrogen-bond donors (Lipinski definition) is 2. The fourth-order valence-corrected chi connectivity index (χ4v) is 1.84. The zero-order chi connectivity index (χ0) is 13.0. The number of nitrogens with zero attached hydrogens (tertiary/aromatic N) is 2. The highest BCUT2D eigenvalue weighted by molar-refractivity contribution is 5.65. The SMILES string of the molecule is C[C@@](Cc1ccccc1)(OC(N)=O)c1ncn[nH]1. The molecule has 6 heteroatoms. The molecule has 3 N–H and O–H groups in total. The Morgan fingerprint density at radius 3 is 2.72 bits per heavy atom. The lowest BCUT2D eigenvalue weighted by molar-refractivity contribution is 0.0215. The standard InChI is InChI=1S/C12H14N4O2/c1-12(18-11(13)17,10-14-8-15-16-10)7-9-5-3-2-4-6-9/h2-6,8H,7H2,1H3,(H2,13,17)(H,14,15,16)/t12-/m0/s1. The lowest BCUT2D eigenvalue weighted by Gasteiger charge is -2.26. The Kier molecular flexibility index (Phi) is 3.27. The fourth-order valence-electron chi connectivity index (χ4n) is 1.84. The molecule has 0 aliphatic rings. The van der Waals surface area contributed by atoms with E-state index in [-0.39, 0.29) is 0 Å². The molecule has 0 radical (unpaired) electrons. The number of hydrogen-bond acceptors (Lipinski definition) is 4. The molecule has 0 saturated heterocycles. The van der Waals surface area contributed by atoms with Gasteiger partial charge in [0.25, 0.3) is 0 Å². The van der Waals surface area contributed by atoms with Crippen LogP contribution in [0.15, 0.2) is 36.7 Å². The van der Waals surface area contributed by atoms with Crippen molar-refractivity contribution in [2.75, 3.05) is 0 Å². The van der Waals surface area contributed by atoms with Crippen LogP contribution in [0.1, 0.15) is 18.3 Å². The predicted octanol–water partition coefficient (Wildman–Crippen LogP) is 1.36. The number of carbonyl (C=O) groups is 1. The minimum atomic E-state index is -0.955. The van der Waals surface area contributed by atoms with E-state index in [2.05, 4.69) is 15.2 Å². The van der Waals surface area contributed by atoms with Gasteiger partial charge in [-0.25, -0.2) is 9.78 Å². The van der Waals surface area contributed by atoms with Crippen LogP contribution in [0.5, 0.6) is 0 Å². The summed E-state index contributed by atoms with van der Waals surface area (Å²) in [6.07, 6.45) is 0.986. The molecule has 1 amide bonds. The average molecular weight is 246 g/mol. The average Bonchev–Trinajstić information content (AvgIpc) is 2.83. The van der Waals surface area contributed by atoms with Gasteiger partial charge in [-0.2, -0.15) is 5.10 Å². The molecule has 0 bridgehead atoms. The van der Waals surface area contributed by atoms with Gasteiger partial charge >= 0.3 is 6.09 Å². The Labute approximate surface area is 104 Å². The first-order valence-corrected chi connectivity index (χ1v) is 5.48. The minimum absolute atomic E-state index is 0.463.